The number of carbonyl (C=O) groups is 3. The number of aliphatic hydroxyl groups excluding tert-OH is 1. The van der Waals surface area contributed by atoms with Crippen LogP contribution in [0.25, 0.3) is 11.1 Å². The predicted molar refractivity (Wildman–Crippen MR) is 187 cm³/mol. The first-order chi connectivity index (χ1) is 22.8. The van der Waals surface area contributed by atoms with Gasteiger partial charge in [0, 0.05) is 51.0 Å². The van der Waals surface area contributed by atoms with Gasteiger partial charge >= 0.3 is 0 Å². The molecule has 0 bridgehead atoms. The van der Waals surface area contributed by atoms with Crippen LogP contribution in [0.3, 0.4) is 0 Å². The van der Waals surface area contributed by atoms with Gasteiger partial charge in [-0.05, 0) is 66.1 Å². The summed E-state index contributed by atoms with van der Waals surface area (Å²) in [6.07, 6.45) is 7.10. The minimum atomic E-state index is -0.963. The first kappa shape index (κ1) is 36.5. The lowest BCUT2D eigenvalue weighted by atomic mass is 9.75. The Morgan fingerprint density at radius 1 is 0.896 bits per heavy atom. The molecule has 0 heterocycles. The van der Waals surface area contributed by atoms with Crippen LogP contribution in [0, 0.1) is 11.2 Å². The molecule has 0 saturated heterocycles. The normalized spacial score (nSPS) is 15.3. The zero-order chi connectivity index (χ0) is 34.9. The number of aliphatic hydroxyl groups is 1. The molecule has 1 aliphatic rings. The summed E-state index contributed by atoms with van der Waals surface area (Å²) in [6, 6.07) is 21.8. The van der Waals surface area contributed by atoms with Crippen molar-refractivity contribution in [3.8, 4) is 11.1 Å². The molecule has 8 nitrogen and oxygen atoms in total. The van der Waals surface area contributed by atoms with Crippen LogP contribution in [0.4, 0.5) is 4.39 Å². The highest BCUT2D eigenvalue weighted by atomic mass is 19.1. The number of halogens is 1. The SMILES string of the molecule is CN(C(=O)/C=C/CC1(N)CCC1)[C@H](Cc1ccc(-c2ccccc2)cc1)C(=O)N(C)[C@H](Cc1ccc(F)cc1)C(=O)NCC(C)(C)CO. The van der Waals surface area contributed by atoms with Gasteiger partial charge in [-0.15, -0.1) is 0 Å². The van der Waals surface area contributed by atoms with E-state index in [0.717, 1.165) is 36.0 Å². The van der Waals surface area contributed by atoms with Crippen molar-refractivity contribution < 1.29 is 23.9 Å². The summed E-state index contributed by atoms with van der Waals surface area (Å²) in [4.78, 5) is 44.4. The average molecular weight is 657 g/mol. The first-order valence-corrected chi connectivity index (χ1v) is 16.6. The minimum absolute atomic E-state index is 0.128. The molecule has 0 aliphatic heterocycles. The topological polar surface area (TPSA) is 116 Å². The lowest BCUT2D eigenvalue weighted by Gasteiger charge is -2.37. The van der Waals surface area contributed by atoms with E-state index in [0.29, 0.717) is 12.0 Å². The number of nitrogens with two attached hydrogens (primary N) is 1. The highest BCUT2D eigenvalue weighted by Crippen LogP contribution is 2.32. The second kappa shape index (κ2) is 16.2. The molecule has 1 aliphatic carbocycles. The van der Waals surface area contributed by atoms with Crippen LogP contribution in [0.1, 0.15) is 50.7 Å². The van der Waals surface area contributed by atoms with Crippen molar-refractivity contribution in [1.29, 1.82) is 0 Å². The molecule has 2 atom stereocenters. The quantitative estimate of drug-likeness (QED) is 0.202. The Morgan fingerprint density at radius 3 is 2.02 bits per heavy atom. The molecule has 48 heavy (non-hydrogen) atoms. The molecule has 3 aromatic carbocycles. The van der Waals surface area contributed by atoms with Gasteiger partial charge in [0.2, 0.25) is 17.7 Å². The summed E-state index contributed by atoms with van der Waals surface area (Å²) in [7, 11) is 3.16. The van der Waals surface area contributed by atoms with E-state index in [-0.39, 0.29) is 37.4 Å². The molecule has 256 valence electrons. The molecule has 4 N–H and O–H groups in total. The van der Waals surface area contributed by atoms with Gasteiger partial charge in [0.25, 0.3) is 0 Å². The molecule has 0 unspecified atom stereocenters. The molecule has 0 radical (unpaired) electrons. The van der Waals surface area contributed by atoms with Gasteiger partial charge < -0.3 is 26.0 Å². The molecule has 9 heteroatoms. The molecular weight excluding hydrogens is 607 g/mol. The Hall–Kier alpha value is -4.34. The van der Waals surface area contributed by atoms with Gasteiger partial charge in [0.05, 0.1) is 0 Å². The fraction of sp³-hybridized carbons (Fsp3) is 0.410. The van der Waals surface area contributed by atoms with E-state index in [2.05, 4.69) is 5.32 Å². The third kappa shape index (κ3) is 9.84. The number of carbonyl (C=O) groups excluding carboxylic acids is 3. The highest BCUT2D eigenvalue weighted by molar-refractivity contribution is 5.95. The summed E-state index contributed by atoms with van der Waals surface area (Å²) in [5, 5.41) is 12.6. The molecule has 0 spiro atoms. The minimum Gasteiger partial charge on any atom is -0.396 e. The van der Waals surface area contributed by atoms with E-state index in [9.17, 15) is 23.9 Å². The van der Waals surface area contributed by atoms with E-state index in [4.69, 9.17) is 5.73 Å². The summed E-state index contributed by atoms with van der Waals surface area (Å²) >= 11 is 0. The van der Waals surface area contributed by atoms with Crippen LogP contribution in [-0.4, -0.2) is 77.5 Å². The Bertz CT molecular complexity index is 1550. The Kier molecular flexibility index (Phi) is 12.3. The smallest absolute Gasteiger partial charge is 0.246 e. The van der Waals surface area contributed by atoms with E-state index < -0.39 is 35.1 Å². The molecule has 1 saturated carbocycles. The predicted octanol–water partition coefficient (Wildman–Crippen LogP) is 4.89. The largest absolute Gasteiger partial charge is 0.396 e. The van der Waals surface area contributed by atoms with Gasteiger partial charge in [-0.25, -0.2) is 4.39 Å². The van der Waals surface area contributed by atoms with Crippen LogP contribution in [0.2, 0.25) is 0 Å². The molecule has 0 aromatic heterocycles. The van der Waals surface area contributed by atoms with Crippen molar-refractivity contribution in [3.63, 3.8) is 0 Å². The maximum atomic E-state index is 14.4. The van der Waals surface area contributed by atoms with Gasteiger partial charge in [-0.3, -0.25) is 14.4 Å². The molecule has 1 fully saturated rings. The van der Waals surface area contributed by atoms with Gasteiger partial charge in [-0.1, -0.05) is 86.7 Å². The number of hydrogen-bond acceptors (Lipinski definition) is 5. The van der Waals surface area contributed by atoms with Crippen molar-refractivity contribution in [3.05, 3.63) is 108 Å². The van der Waals surface area contributed by atoms with Crippen LogP contribution in [0.5, 0.6) is 0 Å². The van der Waals surface area contributed by atoms with Crippen LogP contribution >= 0.6 is 0 Å². The van der Waals surface area contributed by atoms with Gasteiger partial charge in [-0.2, -0.15) is 0 Å². The number of hydrogen-bond donors (Lipinski definition) is 3. The molecule has 3 amide bonds. The van der Waals surface area contributed by atoms with Crippen molar-refractivity contribution in [2.45, 2.75) is 70.0 Å². The fourth-order valence-corrected chi connectivity index (χ4v) is 5.72. The van der Waals surface area contributed by atoms with Gasteiger partial charge in [0.1, 0.15) is 17.9 Å². The molecule has 3 aromatic rings. The monoisotopic (exact) mass is 656 g/mol. The Balaban J connectivity index is 1.61. The Labute approximate surface area is 283 Å². The summed E-state index contributed by atoms with van der Waals surface area (Å²) < 4.78 is 13.7. The summed E-state index contributed by atoms with van der Waals surface area (Å²) in [5.41, 5.74) is 9.11. The fourth-order valence-electron chi connectivity index (χ4n) is 5.72. The maximum Gasteiger partial charge on any atom is 0.246 e. The second-order valence-corrected chi connectivity index (χ2v) is 13.9. The van der Waals surface area contributed by atoms with E-state index in [1.807, 2.05) is 68.4 Å². The van der Waals surface area contributed by atoms with Crippen LogP contribution in [0.15, 0.2) is 91.0 Å². The third-order valence-corrected chi connectivity index (χ3v) is 9.35. The van der Waals surface area contributed by atoms with Crippen LogP contribution in [-0.2, 0) is 27.2 Å². The molecule has 4 rings (SSSR count). The first-order valence-electron chi connectivity index (χ1n) is 16.6. The Morgan fingerprint density at radius 2 is 1.46 bits per heavy atom. The lowest BCUT2D eigenvalue weighted by Crippen LogP contribution is -2.56. The number of nitrogens with zero attached hydrogens (tertiary/aromatic N) is 2. The summed E-state index contributed by atoms with van der Waals surface area (Å²) in [6.45, 7) is 3.69. The van der Waals surface area contributed by atoms with E-state index in [1.54, 1.807) is 32.3 Å². The average Bonchev–Trinajstić information content (AvgIpc) is 3.08. The number of benzene rings is 3. The number of amides is 3. The lowest BCUT2D eigenvalue weighted by molar-refractivity contribution is -0.146. The highest BCUT2D eigenvalue weighted by Gasteiger charge is 2.36. The van der Waals surface area contributed by atoms with Gasteiger partial charge in [0.15, 0.2) is 0 Å². The van der Waals surface area contributed by atoms with Crippen molar-refractivity contribution in [1.82, 2.24) is 15.1 Å². The number of rotatable bonds is 15. The number of nitrogens with one attached hydrogen (secondary N) is 1. The van der Waals surface area contributed by atoms with E-state index in [1.165, 1.54) is 28.0 Å². The maximum absolute atomic E-state index is 14.4. The molecular formula is C39H49FN4O4. The van der Waals surface area contributed by atoms with E-state index >= 15 is 0 Å². The van der Waals surface area contributed by atoms with Crippen molar-refractivity contribution >= 4 is 17.7 Å². The zero-order valence-electron chi connectivity index (χ0n) is 28.5. The van der Waals surface area contributed by atoms with Crippen LogP contribution < -0.4 is 11.1 Å². The summed E-state index contributed by atoms with van der Waals surface area (Å²) in [5.74, 6) is -1.57. The standard InChI is InChI=1S/C39H49FN4O4/c1-38(2,27-45)26-42-36(47)33(24-29-15-19-32(40)20-16-29)44(4)37(48)34(43(3)35(46)12-8-21-39(41)22-9-23-39)25-28-13-17-31(18-14-28)30-10-6-5-7-11-30/h5-8,10-20,33-34,45H,9,21-27,41H2,1-4H3,(H,42,47)/b12-8+/t33-,34-/m1/s1. The number of likely N-dealkylation sites (N-methyl/N-ethyl adjacent to an activating group) is 2. The zero-order valence-corrected chi connectivity index (χ0v) is 28.5. The third-order valence-electron chi connectivity index (χ3n) is 9.35. The van der Waals surface area contributed by atoms with Crippen molar-refractivity contribution in [2.24, 2.45) is 11.1 Å². The van der Waals surface area contributed by atoms with Crippen molar-refractivity contribution in [2.75, 3.05) is 27.2 Å². The second-order valence-electron chi connectivity index (χ2n) is 13.9.